The molecule has 2 aromatic rings. The number of fused-ring (bicyclic) bond motifs is 4. The number of nitrogens with zero attached hydrogens (tertiary/aromatic N) is 3. The Balaban J connectivity index is 1.71. The Morgan fingerprint density at radius 2 is 2.12 bits per heavy atom. The number of piperidine rings is 3. The highest BCUT2D eigenvalue weighted by atomic mass is 19.1. The summed E-state index contributed by atoms with van der Waals surface area (Å²) in [5.41, 5.74) is -0.423. The molecule has 0 aliphatic carbocycles. The van der Waals surface area contributed by atoms with Crippen LogP contribution in [0.2, 0.25) is 0 Å². The minimum Gasteiger partial charge on any atom is -0.346 e. The molecule has 1 unspecified atom stereocenters. The van der Waals surface area contributed by atoms with Crippen molar-refractivity contribution in [3.8, 4) is 0 Å². The normalized spacial score (nSPS) is 24.8. The lowest BCUT2D eigenvalue weighted by molar-refractivity contribution is 0.0616. The first-order valence-corrected chi connectivity index (χ1v) is 9.31. The fourth-order valence-corrected chi connectivity index (χ4v) is 4.19. The lowest BCUT2D eigenvalue weighted by Crippen LogP contribution is -2.57. The highest BCUT2D eigenvalue weighted by Gasteiger charge is 2.35. The summed E-state index contributed by atoms with van der Waals surface area (Å²) in [6, 6.07) is 4.49. The Kier molecular flexibility index (Phi) is 4.48. The number of halogens is 1. The summed E-state index contributed by atoms with van der Waals surface area (Å²) >= 11 is 0. The predicted octanol–water partition coefficient (Wildman–Crippen LogP) is 1.77. The van der Waals surface area contributed by atoms with Crippen LogP contribution in [0, 0.1) is 11.7 Å². The predicted molar refractivity (Wildman–Crippen MR) is 96.7 cm³/mol. The molecule has 5 rings (SSSR count). The van der Waals surface area contributed by atoms with Crippen molar-refractivity contribution in [1.29, 1.82) is 0 Å². The SMILES string of the molecule is CCCn1nc(C(=O)NC2CN3CCC2CC3)c(=O)c2c(F)cccc21. The van der Waals surface area contributed by atoms with Crippen LogP contribution in [0.1, 0.15) is 36.7 Å². The van der Waals surface area contributed by atoms with E-state index in [-0.39, 0.29) is 17.1 Å². The molecule has 2 bridgehead atoms. The third kappa shape index (κ3) is 2.90. The van der Waals surface area contributed by atoms with E-state index in [9.17, 15) is 14.0 Å². The zero-order chi connectivity index (χ0) is 18.3. The van der Waals surface area contributed by atoms with Crippen molar-refractivity contribution in [3.05, 3.63) is 39.9 Å². The number of amides is 1. The number of aromatic nitrogens is 2. The summed E-state index contributed by atoms with van der Waals surface area (Å²) < 4.78 is 15.9. The molecule has 3 aliphatic rings. The van der Waals surface area contributed by atoms with Gasteiger partial charge < -0.3 is 10.2 Å². The second-order valence-corrected chi connectivity index (χ2v) is 7.25. The average Bonchev–Trinajstić information content (AvgIpc) is 2.65. The van der Waals surface area contributed by atoms with Gasteiger partial charge in [0.2, 0.25) is 5.43 Å². The van der Waals surface area contributed by atoms with Crippen LogP contribution in [0.25, 0.3) is 10.9 Å². The van der Waals surface area contributed by atoms with Crippen LogP contribution in [0.15, 0.2) is 23.0 Å². The van der Waals surface area contributed by atoms with Gasteiger partial charge in [-0.2, -0.15) is 5.10 Å². The standard InChI is InChI=1S/C19H23FN4O2/c1-2-8-24-15-5-3-4-13(20)16(15)18(25)17(22-24)19(26)21-14-11-23-9-6-12(14)7-10-23/h3-5,12,14H,2,6-11H2,1H3,(H,21,26). The van der Waals surface area contributed by atoms with E-state index in [0.717, 1.165) is 38.9 Å². The topological polar surface area (TPSA) is 67.2 Å². The van der Waals surface area contributed by atoms with Crippen LogP contribution >= 0.6 is 0 Å². The zero-order valence-electron chi connectivity index (χ0n) is 14.9. The minimum absolute atomic E-state index is 0.0298. The third-order valence-electron chi connectivity index (χ3n) is 5.56. The fraction of sp³-hybridized carbons (Fsp3) is 0.526. The van der Waals surface area contributed by atoms with E-state index in [0.29, 0.717) is 18.0 Å². The van der Waals surface area contributed by atoms with E-state index in [1.54, 1.807) is 16.8 Å². The maximum Gasteiger partial charge on any atom is 0.276 e. The van der Waals surface area contributed by atoms with E-state index in [1.807, 2.05) is 6.92 Å². The van der Waals surface area contributed by atoms with Crippen molar-refractivity contribution in [1.82, 2.24) is 20.0 Å². The van der Waals surface area contributed by atoms with Crippen molar-refractivity contribution in [2.75, 3.05) is 19.6 Å². The molecule has 1 amide bonds. The molecule has 0 spiro atoms. The first-order valence-electron chi connectivity index (χ1n) is 9.31. The van der Waals surface area contributed by atoms with Gasteiger partial charge in [-0.05, 0) is 50.4 Å². The van der Waals surface area contributed by atoms with Gasteiger partial charge in [0, 0.05) is 19.1 Å². The van der Waals surface area contributed by atoms with Gasteiger partial charge in [0.25, 0.3) is 5.91 Å². The van der Waals surface area contributed by atoms with Gasteiger partial charge in [0.05, 0.1) is 10.9 Å². The molecule has 1 atom stereocenters. The number of nitrogens with one attached hydrogen (secondary N) is 1. The number of carbonyl (C=O) groups excluding carboxylic acids is 1. The van der Waals surface area contributed by atoms with Crippen LogP contribution in [-0.2, 0) is 6.54 Å². The number of carbonyl (C=O) groups is 1. The Bertz CT molecular complexity index is 902. The van der Waals surface area contributed by atoms with E-state index in [4.69, 9.17) is 0 Å². The van der Waals surface area contributed by atoms with E-state index >= 15 is 0 Å². The second-order valence-electron chi connectivity index (χ2n) is 7.25. The lowest BCUT2D eigenvalue weighted by Gasteiger charge is -2.44. The molecule has 1 N–H and O–H groups in total. The third-order valence-corrected chi connectivity index (χ3v) is 5.56. The maximum atomic E-state index is 14.3. The molecule has 138 valence electrons. The minimum atomic E-state index is -0.635. The zero-order valence-corrected chi connectivity index (χ0v) is 14.9. The van der Waals surface area contributed by atoms with E-state index < -0.39 is 17.2 Å². The van der Waals surface area contributed by atoms with E-state index in [2.05, 4.69) is 15.3 Å². The number of benzene rings is 1. The monoisotopic (exact) mass is 358 g/mol. The highest BCUT2D eigenvalue weighted by Crippen LogP contribution is 2.27. The highest BCUT2D eigenvalue weighted by molar-refractivity contribution is 5.95. The van der Waals surface area contributed by atoms with Crippen molar-refractivity contribution < 1.29 is 9.18 Å². The number of hydrogen-bond acceptors (Lipinski definition) is 4. The smallest absolute Gasteiger partial charge is 0.276 e. The van der Waals surface area contributed by atoms with Gasteiger partial charge in [-0.25, -0.2) is 4.39 Å². The Morgan fingerprint density at radius 1 is 1.35 bits per heavy atom. The van der Waals surface area contributed by atoms with Gasteiger partial charge >= 0.3 is 0 Å². The maximum absolute atomic E-state index is 14.3. The molecule has 0 saturated carbocycles. The van der Waals surface area contributed by atoms with Crippen LogP contribution < -0.4 is 10.7 Å². The average molecular weight is 358 g/mol. The van der Waals surface area contributed by atoms with Crippen molar-refractivity contribution in [2.24, 2.45) is 5.92 Å². The molecule has 4 heterocycles. The van der Waals surface area contributed by atoms with Gasteiger partial charge in [-0.1, -0.05) is 13.0 Å². The van der Waals surface area contributed by atoms with Crippen LogP contribution in [0.3, 0.4) is 0 Å². The van der Waals surface area contributed by atoms with Crippen molar-refractivity contribution in [2.45, 2.75) is 38.8 Å². The molecule has 3 fully saturated rings. The summed E-state index contributed by atoms with van der Waals surface area (Å²) in [5.74, 6) is -0.667. The number of hydrogen-bond donors (Lipinski definition) is 1. The summed E-state index contributed by atoms with van der Waals surface area (Å²) in [6.45, 7) is 5.43. The van der Waals surface area contributed by atoms with Crippen LogP contribution in [0.4, 0.5) is 4.39 Å². The fourth-order valence-electron chi connectivity index (χ4n) is 4.19. The summed E-state index contributed by atoms with van der Waals surface area (Å²) in [6.07, 6.45) is 2.89. The first-order chi connectivity index (χ1) is 12.6. The van der Waals surface area contributed by atoms with Gasteiger partial charge in [0.15, 0.2) is 5.69 Å². The van der Waals surface area contributed by atoms with Gasteiger partial charge in [-0.3, -0.25) is 14.3 Å². The summed E-state index contributed by atoms with van der Waals surface area (Å²) in [7, 11) is 0. The molecule has 7 heteroatoms. The quantitative estimate of drug-likeness (QED) is 0.905. The van der Waals surface area contributed by atoms with Crippen LogP contribution in [0.5, 0.6) is 0 Å². The molecular formula is C19H23FN4O2. The molecular weight excluding hydrogens is 335 g/mol. The summed E-state index contributed by atoms with van der Waals surface area (Å²) in [4.78, 5) is 27.9. The molecule has 3 aliphatic heterocycles. The molecule has 3 saturated heterocycles. The van der Waals surface area contributed by atoms with Gasteiger partial charge in [0.1, 0.15) is 5.82 Å². The second kappa shape index (κ2) is 6.79. The number of aryl methyl sites for hydroxylation is 1. The molecule has 1 aromatic carbocycles. The number of rotatable bonds is 4. The molecule has 0 radical (unpaired) electrons. The summed E-state index contributed by atoms with van der Waals surface area (Å²) in [5, 5.41) is 7.19. The molecule has 6 nitrogen and oxygen atoms in total. The first kappa shape index (κ1) is 17.1. The van der Waals surface area contributed by atoms with Crippen molar-refractivity contribution >= 4 is 16.8 Å². The molecule has 1 aromatic heterocycles. The molecule has 26 heavy (non-hydrogen) atoms. The Morgan fingerprint density at radius 3 is 2.77 bits per heavy atom. The van der Waals surface area contributed by atoms with Gasteiger partial charge in [-0.15, -0.1) is 0 Å². The Hall–Kier alpha value is -2.28. The van der Waals surface area contributed by atoms with Crippen LogP contribution in [-0.4, -0.2) is 46.3 Å². The lowest BCUT2D eigenvalue weighted by atomic mass is 9.84. The Labute approximate surface area is 151 Å². The largest absolute Gasteiger partial charge is 0.346 e. The van der Waals surface area contributed by atoms with Crippen molar-refractivity contribution in [3.63, 3.8) is 0 Å². The van der Waals surface area contributed by atoms with E-state index in [1.165, 1.54) is 6.07 Å².